The molecule has 1 N–H and O–H groups in total. The second-order valence-corrected chi connectivity index (χ2v) is 8.56. The fourth-order valence-corrected chi connectivity index (χ4v) is 3.79. The summed E-state index contributed by atoms with van der Waals surface area (Å²) in [4.78, 5) is 26.5. The van der Waals surface area contributed by atoms with Gasteiger partial charge < -0.3 is 19.7 Å². The van der Waals surface area contributed by atoms with E-state index in [-0.39, 0.29) is 23.8 Å². The first kappa shape index (κ1) is 20.1. The lowest BCUT2D eigenvalue weighted by Gasteiger charge is -2.31. The Bertz CT molecular complexity index is 868. The molecule has 1 saturated heterocycles. The first-order valence-electron chi connectivity index (χ1n) is 8.89. The number of hydrogen-bond donors (Lipinski definition) is 1. The summed E-state index contributed by atoms with van der Waals surface area (Å²) in [6, 6.07) is 5.42. The van der Waals surface area contributed by atoms with Gasteiger partial charge in [0.2, 0.25) is 16.9 Å². The van der Waals surface area contributed by atoms with Crippen LogP contribution in [-0.4, -0.2) is 53.2 Å². The van der Waals surface area contributed by atoms with E-state index in [9.17, 15) is 9.59 Å². The number of amides is 2. The van der Waals surface area contributed by atoms with Crippen molar-refractivity contribution in [3.05, 3.63) is 18.2 Å². The summed E-state index contributed by atoms with van der Waals surface area (Å²) in [5.74, 6) is 0.667. The first-order valence-corrected chi connectivity index (χ1v) is 9.71. The molecular formula is C19H24N4O4S. The Morgan fingerprint density at radius 3 is 2.36 bits per heavy atom. The molecule has 1 aliphatic heterocycles. The van der Waals surface area contributed by atoms with Crippen molar-refractivity contribution >= 4 is 28.3 Å². The zero-order chi connectivity index (χ0) is 20.5. The number of aromatic nitrogens is 2. The Balaban J connectivity index is 1.72. The lowest BCUT2D eigenvalue weighted by atomic mass is 10.1. The number of benzene rings is 1. The normalized spacial score (nSPS) is 17.0. The lowest BCUT2D eigenvalue weighted by molar-refractivity contribution is -0.131. The molecule has 3 rings (SSSR count). The monoisotopic (exact) mass is 404 g/mol. The molecule has 0 unspecified atom stereocenters. The van der Waals surface area contributed by atoms with Crippen LogP contribution < -0.4 is 14.8 Å². The van der Waals surface area contributed by atoms with Crippen molar-refractivity contribution in [2.45, 2.75) is 32.7 Å². The summed E-state index contributed by atoms with van der Waals surface area (Å²) >= 11 is 1.25. The topological polar surface area (TPSA) is 93.6 Å². The highest BCUT2D eigenvalue weighted by atomic mass is 32.1. The molecule has 8 nitrogen and oxygen atoms in total. The lowest BCUT2D eigenvalue weighted by Crippen LogP contribution is -2.42. The Labute approximate surface area is 167 Å². The standard InChI is InChI=1S/C19H24N4O4S/c1-19(2,3)23-10-12(8-15(23)24)16(25)20-18-22-21-17(28-18)11-6-13(26-4)9-14(7-11)27-5/h6-7,9,12H,8,10H2,1-5H3,(H,20,22,25)/t12-/m0/s1. The fraction of sp³-hybridized carbons (Fsp3) is 0.474. The van der Waals surface area contributed by atoms with Crippen LogP contribution in [0, 0.1) is 5.92 Å². The van der Waals surface area contributed by atoms with Crippen molar-refractivity contribution in [1.29, 1.82) is 0 Å². The van der Waals surface area contributed by atoms with Gasteiger partial charge in [-0.1, -0.05) is 11.3 Å². The van der Waals surface area contributed by atoms with Gasteiger partial charge in [0.25, 0.3) is 0 Å². The predicted molar refractivity (Wildman–Crippen MR) is 107 cm³/mol. The van der Waals surface area contributed by atoms with E-state index in [1.807, 2.05) is 32.9 Å². The summed E-state index contributed by atoms with van der Waals surface area (Å²) < 4.78 is 10.6. The second kappa shape index (κ2) is 7.75. The molecule has 1 atom stereocenters. The van der Waals surface area contributed by atoms with Gasteiger partial charge in [-0.15, -0.1) is 10.2 Å². The van der Waals surface area contributed by atoms with E-state index < -0.39 is 5.92 Å². The van der Waals surface area contributed by atoms with Crippen molar-refractivity contribution in [1.82, 2.24) is 15.1 Å². The van der Waals surface area contributed by atoms with E-state index in [0.717, 1.165) is 5.56 Å². The molecule has 1 aliphatic rings. The first-order chi connectivity index (χ1) is 13.2. The van der Waals surface area contributed by atoms with E-state index in [2.05, 4.69) is 15.5 Å². The van der Waals surface area contributed by atoms with E-state index >= 15 is 0 Å². The third-order valence-corrected chi connectivity index (χ3v) is 5.45. The zero-order valence-corrected chi connectivity index (χ0v) is 17.4. The second-order valence-electron chi connectivity index (χ2n) is 7.58. The highest BCUT2D eigenvalue weighted by molar-refractivity contribution is 7.18. The smallest absolute Gasteiger partial charge is 0.231 e. The van der Waals surface area contributed by atoms with Gasteiger partial charge in [-0.05, 0) is 32.9 Å². The number of nitrogens with zero attached hydrogens (tertiary/aromatic N) is 3. The highest BCUT2D eigenvalue weighted by Gasteiger charge is 2.39. The number of rotatable bonds is 5. The average Bonchev–Trinajstić information content (AvgIpc) is 3.27. The van der Waals surface area contributed by atoms with Gasteiger partial charge in [0.15, 0.2) is 0 Å². The maximum absolute atomic E-state index is 12.6. The van der Waals surface area contributed by atoms with E-state index in [4.69, 9.17) is 9.47 Å². The van der Waals surface area contributed by atoms with Crippen molar-refractivity contribution in [2.75, 3.05) is 26.1 Å². The van der Waals surface area contributed by atoms with Gasteiger partial charge in [0, 0.05) is 30.1 Å². The number of carbonyl (C=O) groups is 2. The van der Waals surface area contributed by atoms with Crippen LogP contribution in [-0.2, 0) is 9.59 Å². The molecule has 2 heterocycles. The maximum atomic E-state index is 12.6. The zero-order valence-electron chi connectivity index (χ0n) is 16.6. The summed E-state index contributed by atoms with van der Waals surface area (Å²) in [5.41, 5.74) is 0.483. The molecule has 0 aliphatic carbocycles. The molecule has 2 aromatic rings. The molecule has 1 aromatic heterocycles. The van der Waals surface area contributed by atoms with Crippen LogP contribution >= 0.6 is 11.3 Å². The molecule has 0 radical (unpaired) electrons. The molecular weight excluding hydrogens is 380 g/mol. The van der Waals surface area contributed by atoms with Gasteiger partial charge >= 0.3 is 0 Å². The van der Waals surface area contributed by atoms with Crippen LogP contribution in [0.5, 0.6) is 11.5 Å². The Hall–Kier alpha value is -2.68. The number of likely N-dealkylation sites (tertiary alicyclic amines) is 1. The van der Waals surface area contributed by atoms with Crippen molar-refractivity contribution in [3.8, 4) is 22.1 Å². The minimum absolute atomic E-state index is 0.00548. The summed E-state index contributed by atoms with van der Waals surface area (Å²) in [6.07, 6.45) is 0.210. The number of ether oxygens (including phenoxy) is 2. The SMILES string of the molecule is COc1cc(OC)cc(-c2nnc(NC(=O)[C@H]3CC(=O)N(C(C)(C)C)C3)s2)c1. The quantitative estimate of drug-likeness (QED) is 0.824. The van der Waals surface area contributed by atoms with Gasteiger partial charge in [-0.25, -0.2) is 0 Å². The number of carbonyl (C=O) groups excluding carboxylic acids is 2. The fourth-order valence-electron chi connectivity index (χ4n) is 3.06. The molecule has 0 saturated carbocycles. The van der Waals surface area contributed by atoms with Crippen LogP contribution in [0.25, 0.3) is 10.6 Å². The van der Waals surface area contributed by atoms with Crippen molar-refractivity contribution in [3.63, 3.8) is 0 Å². The van der Waals surface area contributed by atoms with Crippen LogP contribution in [0.3, 0.4) is 0 Å². The summed E-state index contributed by atoms with van der Waals surface area (Å²) in [6.45, 7) is 6.30. The number of methoxy groups -OCH3 is 2. The number of anilines is 1. The minimum atomic E-state index is -0.393. The third-order valence-electron chi connectivity index (χ3n) is 4.56. The molecule has 9 heteroatoms. The van der Waals surface area contributed by atoms with Crippen LogP contribution in [0.1, 0.15) is 27.2 Å². The predicted octanol–water partition coefficient (Wildman–Crippen LogP) is 2.81. The van der Waals surface area contributed by atoms with E-state index in [0.29, 0.717) is 28.2 Å². The minimum Gasteiger partial charge on any atom is -0.497 e. The summed E-state index contributed by atoms with van der Waals surface area (Å²) in [5, 5.41) is 12.0. The van der Waals surface area contributed by atoms with Crippen LogP contribution in [0.4, 0.5) is 5.13 Å². The molecule has 0 bridgehead atoms. The van der Waals surface area contributed by atoms with E-state index in [1.54, 1.807) is 25.2 Å². The maximum Gasteiger partial charge on any atom is 0.231 e. The Kier molecular flexibility index (Phi) is 5.55. The Morgan fingerprint density at radius 2 is 1.82 bits per heavy atom. The van der Waals surface area contributed by atoms with Gasteiger partial charge in [0.05, 0.1) is 20.1 Å². The van der Waals surface area contributed by atoms with Crippen molar-refractivity contribution in [2.24, 2.45) is 5.92 Å². The van der Waals surface area contributed by atoms with Crippen LogP contribution in [0.15, 0.2) is 18.2 Å². The molecule has 1 fully saturated rings. The largest absolute Gasteiger partial charge is 0.497 e. The molecule has 2 amide bonds. The average molecular weight is 404 g/mol. The third kappa shape index (κ3) is 4.24. The van der Waals surface area contributed by atoms with Crippen LogP contribution in [0.2, 0.25) is 0 Å². The molecule has 1 aromatic carbocycles. The van der Waals surface area contributed by atoms with Gasteiger partial charge in [-0.3, -0.25) is 9.59 Å². The number of nitrogens with one attached hydrogen (secondary N) is 1. The Morgan fingerprint density at radius 1 is 1.18 bits per heavy atom. The highest BCUT2D eigenvalue weighted by Crippen LogP contribution is 2.33. The molecule has 28 heavy (non-hydrogen) atoms. The van der Waals surface area contributed by atoms with Gasteiger partial charge in [0.1, 0.15) is 16.5 Å². The summed E-state index contributed by atoms with van der Waals surface area (Å²) in [7, 11) is 3.15. The van der Waals surface area contributed by atoms with Gasteiger partial charge in [-0.2, -0.15) is 0 Å². The van der Waals surface area contributed by atoms with E-state index in [1.165, 1.54) is 11.3 Å². The molecule has 0 spiro atoms. The molecule has 150 valence electrons. The number of hydrogen-bond acceptors (Lipinski definition) is 7. The van der Waals surface area contributed by atoms with Crippen molar-refractivity contribution < 1.29 is 19.1 Å².